The Kier molecular flexibility index (Phi) is 6.34. The van der Waals surface area contributed by atoms with E-state index in [4.69, 9.17) is 16.3 Å². The van der Waals surface area contributed by atoms with Gasteiger partial charge in [-0.3, -0.25) is 4.98 Å². The number of nitrogens with zero attached hydrogens (tertiary/aromatic N) is 4. The van der Waals surface area contributed by atoms with E-state index in [0.29, 0.717) is 12.5 Å². The van der Waals surface area contributed by atoms with Crippen molar-refractivity contribution in [3.8, 4) is 11.1 Å². The molecule has 1 saturated heterocycles. The summed E-state index contributed by atoms with van der Waals surface area (Å²) in [6, 6.07) is 3.88. The van der Waals surface area contributed by atoms with Gasteiger partial charge in [-0.1, -0.05) is 0 Å². The van der Waals surface area contributed by atoms with Crippen LogP contribution >= 0.6 is 11.6 Å². The molecule has 1 amide bonds. The largest absolute Gasteiger partial charge is 0.444 e. The summed E-state index contributed by atoms with van der Waals surface area (Å²) in [6.45, 7) is 7.87. The molecule has 3 heterocycles. The number of pyridine rings is 1. The lowest BCUT2D eigenvalue weighted by atomic mass is 9.96. The molecule has 2 aromatic heterocycles. The van der Waals surface area contributed by atoms with E-state index in [9.17, 15) is 4.79 Å². The van der Waals surface area contributed by atoms with E-state index in [2.05, 4.69) is 25.2 Å². The Hall–Kier alpha value is -2.41. The van der Waals surface area contributed by atoms with Gasteiger partial charge in [0.2, 0.25) is 5.28 Å². The van der Waals surface area contributed by atoms with Gasteiger partial charge >= 0.3 is 6.09 Å². The number of aromatic nitrogens is 3. The van der Waals surface area contributed by atoms with Crippen molar-refractivity contribution in [2.45, 2.75) is 39.2 Å². The molecule has 0 spiro atoms. The highest BCUT2D eigenvalue weighted by Gasteiger charge is 2.24. The predicted molar refractivity (Wildman–Crippen MR) is 109 cm³/mol. The van der Waals surface area contributed by atoms with E-state index < -0.39 is 5.60 Å². The number of halogens is 1. The van der Waals surface area contributed by atoms with Crippen LogP contribution in [0.25, 0.3) is 11.1 Å². The Balaban J connectivity index is 1.61. The number of nitrogens with one attached hydrogen (secondary N) is 1. The number of anilines is 1. The number of rotatable bonds is 4. The highest BCUT2D eigenvalue weighted by molar-refractivity contribution is 6.28. The van der Waals surface area contributed by atoms with E-state index in [1.165, 1.54) is 0 Å². The second kappa shape index (κ2) is 8.73. The average molecular weight is 404 g/mol. The van der Waals surface area contributed by atoms with Gasteiger partial charge in [0.15, 0.2) is 0 Å². The highest BCUT2D eigenvalue weighted by atomic mass is 35.5. The summed E-state index contributed by atoms with van der Waals surface area (Å²) in [5, 5.41) is 3.11. The summed E-state index contributed by atoms with van der Waals surface area (Å²) < 4.78 is 5.30. The van der Waals surface area contributed by atoms with Gasteiger partial charge in [0.25, 0.3) is 0 Å². The molecule has 1 aliphatic rings. The van der Waals surface area contributed by atoms with Crippen LogP contribution in [0.1, 0.15) is 33.6 Å². The number of amides is 1. The Bertz CT molecular complexity index is 802. The molecular weight excluding hydrogens is 378 g/mol. The SMILES string of the molecule is CC(C)(C)OC(=O)NCC1CCN(c2nc(Cl)ncc2-c2ccncc2)CC1. The molecule has 2 aromatic rings. The van der Waals surface area contributed by atoms with Crippen LogP contribution in [0.3, 0.4) is 0 Å². The predicted octanol–water partition coefficient (Wildman–Crippen LogP) is 3.93. The standard InChI is InChI=1S/C20H26ClN5O2/c1-20(2,3)28-19(27)24-12-14-6-10-26(11-7-14)17-16(13-23-18(21)25-17)15-4-8-22-9-5-15/h4-5,8-9,13-14H,6-7,10-12H2,1-3H3,(H,24,27). The molecule has 0 atom stereocenters. The molecule has 28 heavy (non-hydrogen) atoms. The number of carbonyl (C=O) groups excluding carboxylic acids is 1. The third-order valence-electron chi connectivity index (χ3n) is 4.58. The van der Waals surface area contributed by atoms with E-state index >= 15 is 0 Å². The fourth-order valence-corrected chi connectivity index (χ4v) is 3.35. The van der Waals surface area contributed by atoms with Gasteiger partial charge in [0, 0.05) is 43.8 Å². The zero-order valence-electron chi connectivity index (χ0n) is 16.5. The van der Waals surface area contributed by atoms with Gasteiger partial charge in [0.05, 0.1) is 0 Å². The lowest BCUT2D eigenvalue weighted by Crippen LogP contribution is -2.40. The van der Waals surface area contributed by atoms with Gasteiger partial charge < -0.3 is 15.0 Å². The van der Waals surface area contributed by atoms with Crippen molar-refractivity contribution in [2.75, 3.05) is 24.5 Å². The summed E-state index contributed by atoms with van der Waals surface area (Å²) in [5.74, 6) is 1.25. The normalized spacial score (nSPS) is 15.4. The smallest absolute Gasteiger partial charge is 0.407 e. The minimum Gasteiger partial charge on any atom is -0.444 e. The van der Waals surface area contributed by atoms with Crippen molar-refractivity contribution >= 4 is 23.5 Å². The highest BCUT2D eigenvalue weighted by Crippen LogP contribution is 2.31. The summed E-state index contributed by atoms with van der Waals surface area (Å²) in [4.78, 5) is 26.8. The van der Waals surface area contributed by atoms with Crippen molar-refractivity contribution in [1.82, 2.24) is 20.3 Å². The molecule has 0 aliphatic carbocycles. The molecule has 0 radical (unpaired) electrons. The van der Waals surface area contributed by atoms with Crippen molar-refractivity contribution < 1.29 is 9.53 Å². The van der Waals surface area contributed by atoms with E-state index in [0.717, 1.165) is 42.9 Å². The zero-order valence-corrected chi connectivity index (χ0v) is 17.2. The van der Waals surface area contributed by atoms with Crippen molar-refractivity contribution in [2.24, 2.45) is 5.92 Å². The summed E-state index contributed by atoms with van der Waals surface area (Å²) >= 11 is 6.07. The number of alkyl carbamates (subject to hydrolysis) is 1. The lowest BCUT2D eigenvalue weighted by molar-refractivity contribution is 0.0517. The molecule has 3 rings (SSSR count). The molecule has 0 aromatic carbocycles. The van der Waals surface area contributed by atoms with Crippen LogP contribution in [0.5, 0.6) is 0 Å². The van der Waals surface area contributed by atoms with Gasteiger partial charge in [-0.25, -0.2) is 9.78 Å². The Morgan fingerprint density at radius 1 is 1.29 bits per heavy atom. The van der Waals surface area contributed by atoms with Crippen LogP contribution < -0.4 is 10.2 Å². The zero-order chi connectivity index (χ0) is 20.1. The molecule has 0 saturated carbocycles. The van der Waals surface area contributed by atoms with Crippen LogP contribution in [0.4, 0.5) is 10.6 Å². The van der Waals surface area contributed by atoms with Crippen LogP contribution in [0, 0.1) is 5.92 Å². The van der Waals surface area contributed by atoms with E-state index in [-0.39, 0.29) is 11.4 Å². The topological polar surface area (TPSA) is 80.2 Å². The minimum atomic E-state index is -0.483. The Morgan fingerprint density at radius 2 is 1.96 bits per heavy atom. The lowest BCUT2D eigenvalue weighted by Gasteiger charge is -2.34. The average Bonchev–Trinajstić information content (AvgIpc) is 2.66. The molecule has 150 valence electrons. The number of piperidine rings is 1. The Labute approximate surface area is 170 Å². The van der Waals surface area contributed by atoms with Gasteiger partial charge in [-0.15, -0.1) is 0 Å². The molecule has 8 heteroatoms. The van der Waals surface area contributed by atoms with Crippen molar-refractivity contribution in [3.05, 3.63) is 36.0 Å². The third kappa shape index (κ3) is 5.55. The first kappa shape index (κ1) is 20.3. The molecule has 1 N–H and O–H groups in total. The molecule has 7 nitrogen and oxygen atoms in total. The Morgan fingerprint density at radius 3 is 2.61 bits per heavy atom. The van der Waals surface area contributed by atoms with Crippen LogP contribution in [-0.2, 0) is 4.74 Å². The number of carbonyl (C=O) groups is 1. The maximum absolute atomic E-state index is 11.8. The summed E-state index contributed by atoms with van der Waals surface area (Å²) in [7, 11) is 0. The fourth-order valence-electron chi connectivity index (χ4n) is 3.22. The molecule has 0 unspecified atom stereocenters. The maximum atomic E-state index is 11.8. The van der Waals surface area contributed by atoms with Gasteiger partial charge in [0.1, 0.15) is 11.4 Å². The second-order valence-corrected chi connectivity index (χ2v) is 8.26. The van der Waals surface area contributed by atoms with Crippen LogP contribution in [-0.4, -0.2) is 46.3 Å². The first-order valence-electron chi connectivity index (χ1n) is 9.46. The first-order valence-corrected chi connectivity index (χ1v) is 9.84. The van der Waals surface area contributed by atoms with E-state index in [1.807, 2.05) is 32.9 Å². The quantitative estimate of drug-likeness (QED) is 0.779. The van der Waals surface area contributed by atoms with Crippen molar-refractivity contribution in [3.63, 3.8) is 0 Å². The van der Waals surface area contributed by atoms with Gasteiger partial charge in [-0.2, -0.15) is 4.98 Å². The van der Waals surface area contributed by atoms with Gasteiger partial charge in [-0.05, 0) is 68.8 Å². The molecule has 0 bridgehead atoms. The molecular formula is C20H26ClN5O2. The maximum Gasteiger partial charge on any atom is 0.407 e. The van der Waals surface area contributed by atoms with Crippen LogP contribution in [0.15, 0.2) is 30.7 Å². The third-order valence-corrected chi connectivity index (χ3v) is 4.76. The second-order valence-electron chi connectivity index (χ2n) is 7.93. The number of ether oxygens (including phenoxy) is 1. The fraction of sp³-hybridized carbons (Fsp3) is 0.500. The number of hydrogen-bond donors (Lipinski definition) is 1. The van der Waals surface area contributed by atoms with Crippen LogP contribution in [0.2, 0.25) is 5.28 Å². The number of hydrogen-bond acceptors (Lipinski definition) is 6. The molecule has 1 aliphatic heterocycles. The van der Waals surface area contributed by atoms with Crippen molar-refractivity contribution in [1.29, 1.82) is 0 Å². The van der Waals surface area contributed by atoms with E-state index in [1.54, 1.807) is 18.6 Å². The minimum absolute atomic E-state index is 0.238. The summed E-state index contributed by atoms with van der Waals surface area (Å²) in [6.07, 6.45) is 6.80. The molecule has 1 fully saturated rings. The summed E-state index contributed by atoms with van der Waals surface area (Å²) in [5.41, 5.74) is 1.47. The first-order chi connectivity index (χ1) is 13.3. The monoisotopic (exact) mass is 403 g/mol.